The van der Waals surface area contributed by atoms with Gasteiger partial charge in [0, 0.05) is 34.7 Å². The molecule has 0 unspecified atom stereocenters. The highest BCUT2D eigenvalue weighted by molar-refractivity contribution is 6.30. The van der Waals surface area contributed by atoms with E-state index in [0.29, 0.717) is 16.3 Å². The van der Waals surface area contributed by atoms with Gasteiger partial charge >= 0.3 is 5.97 Å². The lowest BCUT2D eigenvalue weighted by Gasteiger charge is -2.21. The third-order valence-electron chi connectivity index (χ3n) is 7.55. The second-order valence-corrected chi connectivity index (χ2v) is 10.9. The molecule has 5 atom stereocenters. The largest absolute Gasteiger partial charge is 0.423 e. The van der Waals surface area contributed by atoms with E-state index in [4.69, 9.17) is 21.1 Å². The van der Waals surface area contributed by atoms with Crippen molar-refractivity contribution in [2.75, 3.05) is 0 Å². The van der Waals surface area contributed by atoms with Crippen molar-refractivity contribution >= 4 is 23.5 Å². The number of fused-ring (bicyclic) bond motifs is 1. The van der Waals surface area contributed by atoms with E-state index < -0.39 is 52.3 Å². The van der Waals surface area contributed by atoms with Crippen LogP contribution in [0.4, 0.5) is 0 Å². The lowest BCUT2D eigenvalue weighted by Crippen LogP contribution is -2.46. The van der Waals surface area contributed by atoms with Crippen LogP contribution in [-0.4, -0.2) is 45.3 Å². The number of hydrogen-bond donors (Lipinski definition) is 1. The summed E-state index contributed by atoms with van der Waals surface area (Å²) in [7, 11) is 0. The van der Waals surface area contributed by atoms with E-state index in [2.05, 4.69) is 20.0 Å². The Hall–Kier alpha value is -4.82. The summed E-state index contributed by atoms with van der Waals surface area (Å²) in [6.07, 6.45) is -1.83. The van der Waals surface area contributed by atoms with E-state index in [1.165, 1.54) is 0 Å². The summed E-state index contributed by atoms with van der Waals surface area (Å²) in [5.41, 5.74) is 3.39. The number of carbonyl (C=O) groups is 2. The Kier molecular flexibility index (Phi) is 9.20. The van der Waals surface area contributed by atoms with Crippen molar-refractivity contribution in [1.29, 1.82) is 0 Å². The molecule has 230 valence electrons. The maximum atomic E-state index is 13.7. The Balaban J connectivity index is 1.36. The van der Waals surface area contributed by atoms with E-state index in [0.717, 1.165) is 16.7 Å². The molecule has 3 aromatic rings. The van der Waals surface area contributed by atoms with Crippen LogP contribution in [0.1, 0.15) is 46.9 Å². The number of aryl methyl sites for hydroxylation is 1. The van der Waals surface area contributed by atoms with Gasteiger partial charge in [-0.25, -0.2) is 4.79 Å². The fraction of sp³-hybridized carbons (Fsp3) is 0.345. The molecule has 2 aliphatic rings. The Morgan fingerprint density at radius 1 is 1.05 bits per heavy atom. The molecule has 1 aromatic heterocycles. The lowest BCUT2D eigenvalue weighted by molar-refractivity contribution is -0.797. The normalized spacial score (nSPS) is 21.1. The molecule has 44 heavy (non-hydrogen) atoms. The minimum atomic E-state index is -1.33. The molecular weight excluding hydrogens is 600 g/mol. The zero-order chi connectivity index (χ0) is 31.4. The number of amides is 1. The minimum Gasteiger partial charge on any atom is -0.423 e. The molecule has 5 rings (SSSR count). The highest BCUT2D eigenvalue weighted by atomic mass is 35.5. The Morgan fingerprint density at radius 3 is 2.30 bits per heavy atom. The second kappa shape index (κ2) is 13.2. The number of aromatic nitrogens is 1. The van der Waals surface area contributed by atoms with E-state index in [-0.39, 0.29) is 31.6 Å². The molecule has 0 bridgehead atoms. The fourth-order valence-corrected chi connectivity index (χ4v) is 5.58. The summed E-state index contributed by atoms with van der Waals surface area (Å²) in [5, 5.41) is 22.9. The standard InChI is InChI=1S/C29H27ClN4O10/c1-16-26(22-15-41-27(21(22)14-31-16)18-7-9-20(30)10-8-18)42-29(36)23(11-17-5-3-2-4-6-17)32-28(35)19-12-24(43-33(37)38)25(13-19)44-34(39)40/h2-10,14,19,23-25,27H,11-13,15H2,1H3,(H,32,35)/t19-,23-,24+,25-,27+/m1/s1. The zero-order valence-electron chi connectivity index (χ0n) is 23.3. The van der Waals surface area contributed by atoms with Gasteiger partial charge in [0.15, 0.2) is 5.75 Å². The van der Waals surface area contributed by atoms with Crippen LogP contribution in [0.25, 0.3) is 0 Å². The topological polar surface area (TPSA) is 182 Å². The first kappa shape index (κ1) is 30.6. The number of carbonyl (C=O) groups excluding carboxylic acids is 2. The maximum absolute atomic E-state index is 13.7. The number of hydrogen-bond acceptors (Lipinski definition) is 11. The second-order valence-electron chi connectivity index (χ2n) is 10.4. The highest BCUT2D eigenvalue weighted by Crippen LogP contribution is 2.41. The van der Waals surface area contributed by atoms with Crippen LogP contribution in [0.5, 0.6) is 5.75 Å². The van der Waals surface area contributed by atoms with Gasteiger partial charge in [0.05, 0.1) is 12.3 Å². The van der Waals surface area contributed by atoms with Crippen LogP contribution < -0.4 is 10.1 Å². The van der Waals surface area contributed by atoms with Gasteiger partial charge in [-0.15, -0.1) is 20.2 Å². The smallest absolute Gasteiger partial charge is 0.334 e. The Morgan fingerprint density at radius 2 is 1.68 bits per heavy atom. The number of halogens is 1. The molecule has 1 amide bonds. The number of pyridine rings is 1. The highest BCUT2D eigenvalue weighted by Gasteiger charge is 2.43. The Bertz CT molecular complexity index is 1530. The van der Waals surface area contributed by atoms with Crippen molar-refractivity contribution in [3.05, 3.63) is 114 Å². The summed E-state index contributed by atoms with van der Waals surface area (Å²) in [6.45, 7) is 1.84. The van der Waals surface area contributed by atoms with E-state index >= 15 is 0 Å². The number of nitrogens with one attached hydrogen (secondary N) is 1. The molecule has 1 aliphatic carbocycles. The van der Waals surface area contributed by atoms with Gasteiger partial charge in [0.1, 0.15) is 24.4 Å². The van der Waals surface area contributed by atoms with E-state index in [9.17, 15) is 29.8 Å². The van der Waals surface area contributed by atoms with Gasteiger partial charge in [-0.3, -0.25) is 9.78 Å². The lowest BCUT2D eigenvalue weighted by atomic mass is 10.00. The monoisotopic (exact) mass is 626 g/mol. The van der Waals surface area contributed by atoms with Gasteiger partial charge in [-0.05, 0) is 43.0 Å². The molecule has 2 heterocycles. The molecule has 1 N–H and O–H groups in total. The molecule has 1 saturated carbocycles. The first-order chi connectivity index (χ1) is 21.1. The van der Waals surface area contributed by atoms with Crippen LogP contribution in [0, 0.1) is 33.1 Å². The predicted molar refractivity (Wildman–Crippen MR) is 151 cm³/mol. The van der Waals surface area contributed by atoms with Gasteiger partial charge < -0.3 is 24.5 Å². The predicted octanol–water partition coefficient (Wildman–Crippen LogP) is 3.86. The van der Waals surface area contributed by atoms with Crippen molar-refractivity contribution in [3.63, 3.8) is 0 Å². The van der Waals surface area contributed by atoms with E-state index in [1.807, 2.05) is 12.1 Å². The fourth-order valence-electron chi connectivity index (χ4n) is 5.45. The molecule has 1 fully saturated rings. The van der Waals surface area contributed by atoms with E-state index in [1.54, 1.807) is 55.6 Å². The van der Waals surface area contributed by atoms with Crippen molar-refractivity contribution in [2.45, 2.75) is 57.1 Å². The summed E-state index contributed by atoms with van der Waals surface area (Å²) >= 11 is 6.03. The number of esters is 1. The van der Waals surface area contributed by atoms with Crippen LogP contribution in [0.15, 0.2) is 60.8 Å². The van der Waals surface area contributed by atoms with Crippen molar-refractivity contribution < 1.29 is 38.9 Å². The van der Waals surface area contributed by atoms with Crippen molar-refractivity contribution in [3.8, 4) is 5.75 Å². The molecule has 0 radical (unpaired) electrons. The SMILES string of the molecule is Cc1ncc2c(c1OC(=O)[C@@H](Cc1ccccc1)NC(=O)[C@@H]1C[C@H](O[N+](=O)[O-])[C@H](O[N+](=O)[O-])C1)CO[C@H]2c1ccc(Cl)cc1. The number of nitrogens with zero attached hydrogens (tertiary/aromatic N) is 3. The molecule has 2 aromatic carbocycles. The van der Waals surface area contributed by atoms with Crippen LogP contribution in [0.3, 0.4) is 0 Å². The van der Waals surface area contributed by atoms with Crippen LogP contribution in [-0.2, 0) is 37.0 Å². The zero-order valence-corrected chi connectivity index (χ0v) is 24.0. The summed E-state index contributed by atoms with van der Waals surface area (Å²) in [4.78, 5) is 62.3. The summed E-state index contributed by atoms with van der Waals surface area (Å²) in [5.74, 6) is -2.18. The van der Waals surface area contributed by atoms with Gasteiger partial charge in [0.2, 0.25) is 5.91 Å². The average molecular weight is 627 g/mol. The summed E-state index contributed by atoms with van der Waals surface area (Å²) in [6, 6.07) is 14.9. The average Bonchev–Trinajstić information content (AvgIpc) is 3.59. The molecule has 14 nitrogen and oxygen atoms in total. The third-order valence-corrected chi connectivity index (χ3v) is 7.80. The quantitative estimate of drug-likeness (QED) is 0.185. The molecule has 0 spiro atoms. The first-order valence-electron chi connectivity index (χ1n) is 13.6. The Labute approximate surface area is 255 Å². The van der Waals surface area contributed by atoms with Gasteiger partial charge in [-0.2, -0.15) is 0 Å². The van der Waals surface area contributed by atoms with Crippen molar-refractivity contribution in [2.24, 2.45) is 5.92 Å². The summed E-state index contributed by atoms with van der Waals surface area (Å²) < 4.78 is 11.9. The van der Waals surface area contributed by atoms with Crippen LogP contribution >= 0.6 is 11.6 Å². The first-order valence-corrected chi connectivity index (χ1v) is 14.0. The molecule has 1 aliphatic heterocycles. The maximum Gasteiger partial charge on any atom is 0.334 e. The van der Waals surface area contributed by atoms with Crippen LogP contribution in [0.2, 0.25) is 5.02 Å². The van der Waals surface area contributed by atoms with Crippen molar-refractivity contribution in [1.82, 2.24) is 10.3 Å². The molecule has 0 saturated heterocycles. The number of benzene rings is 2. The third kappa shape index (κ3) is 7.03. The molecular formula is C29H27ClN4O10. The molecule has 15 heteroatoms. The number of ether oxygens (including phenoxy) is 2. The van der Waals surface area contributed by atoms with Gasteiger partial charge in [-0.1, -0.05) is 54.1 Å². The number of rotatable bonds is 11. The van der Waals surface area contributed by atoms with Gasteiger partial charge in [0.25, 0.3) is 10.2 Å². The minimum absolute atomic E-state index is 0.0627.